The molecule has 0 N–H and O–H groups in total. The second-order valence-corrected chi connectivity index (χ2v) is 4.80. The van der Waals surface area contributed by atoms with Gasteiger partial charge in [-0.3, -0.25) is 0 Å². The summed E-state index contributed by atoms with van der Waals surface area (Å²) in [4.78, 5) is 10.7. The fourth-order valence-corrected chi connectivity index (χ4v) is 2.42. The zero-order chi connectivity index (χ0) is 12.8. The number of aldehydes is 1. The summed E-state index contributed by atoms with van der Waals surface area (Å²) in [6, 6.07) is 7.92. The first-order valence-electron chi connectivity index (χ1n) is 6.52. The van der Waals surface area contributed by atoms with Crippen LogP contribution in [-0.4, -0.2) is 19.5 Å². The summed E-state index contributed by atoms with van der Waals surface area (Å²) < 4.78 is 11.2. The van der Waals surface area contributed by atoms with Crippen molar-refractivity contribution in [3.8, 4) is 5.75 Å². The molecular weight excluding hydrogens is 228 g/mol. The van der Waals surface area contributed by atoms with Crippen LogP contribution in [0.25, 0.3) is 0 Å². The molecule has 1 aliphatic carbocycles. The van der Waals surface area contributed by atoms with Crippen LogP contribution in [0.3, 0.4) is 0 Å². The summed E-state index contributed by atoms with van der Waals surface area (Å²) >= 11 is 0. The molecule has 3 heteroatoms. The summed E-state index contributed by atoms with van der Waals surface area (Å²) in [6.45, 7) is 0.584. The molecule has 0 spiro atoms. The van der Waals surface area contributed by atoms with Gasteiger partial charge in [-0.05, 0) is 31.7 Å². The number of carbonyl (C=O) groups excluding carboxylic acids is 1. The number of rotatable bonds is 5. The van der Waals surface area contributed by atoms with Crippen LogP contribution in [0.2, 0.25) is 0 Å². The van der Waals surface area contributed by atoms with Crippen LogP contribution in [0.15, 0.2) is 24.3 Å². The van der Waals surface area contributed by atoms with Crippen LogP contribution in [0, 0.1) is 5.92 Å². The minimum absolute atomic E-state index is 0.246. The normalized spacial score (nSPS) is 23.6. The Morgan fingerprint density at radius 2 is 1.94 bits per heavy atom. The fraction of sp³-hybridized carbons (Fsp3) is 0.533. The van der Waals surface area contributed by atoms with E-state index in [2.05, 4.69) is 0 Å². The van der Waals surface area contributed by atoms with Gasteiger partial charge in [-0.2, -0.15) is 0 Å². The summed E-state index contributed by atoms with van der Waals surface area (Å²) in [5.41, 5.74) is 1.08. The Kier molecular flexibility index (Phi) is 4.76. The summed E-state index contributed by atoms with van der Waals surface area (Å²) in [6.07, 6.45) is 5.25. The Morgan fingerprint density at radius 3 is 2.61 bits per heavy atom. The lowest BCUT2D eigenvalue weighted by Gasteiger charge is -2.25. The lowest BCUT2D eigenvalue weighted by Crippen LogP contribution is -2.22. The third-order valence-electron chi connectivity index (χ3n) is 3.58. The minimum Gasteiger partial charge on any atom is -0.496 e. The molecule has 0 heterocycles. The number of benzene rings is 1. The number of hydrogen-bond acceptors (Lipinski definition) is 3. The van der Waals surface area contributed by atoms with Gasteiger partial charge >= 0.3 is 0 Å². The molecule has 0 atom stereocenters. The highest BCUT2D eigenvalue weighted by atomic mass is 16.5. The molecule has 0 unspecified atom stereocenters. The van der Waals surface area contributed by atoms with E-state index in [-0.39, 0.29) is 12.0 Å². The molecule has 1 fully saturated rings. The maximum absolute atomic E-state index is 10.7. The van der Waals surface area contributed by atoms with Gasteiger partial charge in [0.1, 0.15) is 12.0 Å². The van der Waals surface area contributed by atoms with Gasteiger partial charge in [0.15, 0.2) is 0 Å². The average Bonchev–Trinajstić information content (AvgIpc) is 2.46. The van der Waals surface area contributed by atoms with Crippen LogP contribution in [-0.2, 0) is 16.1 Å². The monoisotopic (exact) mass is 248 g/mol. The number of carbonyl (C=O) groups is 1. The van der Waals surface area contributed by atoms with E-state index < -0.39 is 0 Å². The van der Waals surface area contributed by atoms with Gasteiger partial charge in [-0.25, -0.2) is 0 Å². The van der Waals surface area contributed by atoms with Crippen molar-refractivity contribution in [2.45, 2.75) is 38.4 Å². The van der Waals surface area contributed by atoms with E-state index in [1.165, 1.54) is 0 Å². The van der Waals surface area contributed by atoms with Crippen LogP contribution in [0.4, 0.5) is 0 Å². The van der Waals surface area contributed by atoms with Crippen molar-refractivity contribution >= 4 is 6.29 Å². The van der Waals surface area contributed by atoms with Gasteiger partial charge in [-0.15, -0.1) is 0 Å². The van der Waals surface area contributed by atoms with Gasteiger partial charge in [0, 0.05) is 11.5 Å². The minimum atomic E-state index is 0.246. The maximum atomic E-state index is 10.7. The van der Waals surface area contributed by atoms with Crippen molar-refractivity contribution in [1.82, 2.24) is 0 Å². The van der Waals surface area contributed by atoms with Gasteiger partial charge < -0.3 is 14.3 Å². The molecule has 0 aliphatic heterocycles. The quantitative estimate of drug-likeness (QED) is 0.751. The summed E-state index contributed by atoms with van der Waals surface area (Å²) in [5.74, 6) is 1.12. The molecule has 2 rings (SSSR count). The van der Waals surface area contributed by atoms with Crippen LogP contribution >= 0.6 is 0 Å². The Hall–Kier alpha value is -1.35. The van der Waals surface area contributed by atoms with Crippen molar-refractivity contribution in [2.75, 3.05) is 7.11 Å². The van der Waals surface area contributed by atoms with E-state index >= 15 is 0 Å². The zero-order valence-electron chi connectivity index (χ0n) is 10.8. The first-order chi connectivity index (χ1) is 8.83. The molecule has 0 bridgehead atoms. The molecule has 0 saturated heterocycles. The molecule has 0 aromatic heterocycles. The number of para-hydroxylation sites is 1. The standard InChI is InChI=1S/C15H20O3/c1-17-15-5-3-2-4-13(15)11-18-14-8-6-12(10-16)7-9-14/h2-5,10,12,14H,6-9,11H2,1H3. The topological polar surface area (TPSA) is 35.5 Å². The Labute approximate surface area is 108 Å². The number of methoxy groups -OCH3 is 1. The number of ether oxygens (including phenoxy) is 2. The SMILES string of the molecule is COc1ccccc1COC1CCC(C=O)CC1. The maximum Gasteiger partial charge on any atom is 0.124 e. The van der Waals surface area contributed by atoms with Gasteiger partial charge in [-0.1, -0.05) is 18.2 Å². The molecule has 98 valence electrons. The lowest BCUT2D eigenvalue weighted by atomic mass is 9.88. The molecule has 18 heavy (non-hydrogen) atoms. The molecule has 1 aliphatic rings. The Balaban J connectivity index is 1.83. The highest BCUT2D eigenvalue weighted by Gasteiger charge is 2.21. The lowest BCUT2D eigenvalue weighted by molar-refractivity contribution is -0.113. The second kappa shape index (κ2) is 6.55. The summed E-state index contributed by atoms with van der Waals surface area (Å²) in [5, 5.41) is 0. The largest absolute Gasteiger partial charge is 0.496 e. The molecule has 1 aromatic rings. The molecule has 0 radical (unpaired) electrons. The summed E-state index contributed by atoms with van der Waals surface area (Å²) in [7, 11) is 1.67. The molecule has 3 nitrogen and oxygen atoms in total. The van der Waals surface area contributed by atoms with Crippen molar-refractivity contribution in [3.63, 3.8) is 0 Å². The highest BCUT2D eigenvalue weighted by Crippen LogP contribution is 2.26. The third kappa shape index (κ3) is 3.33. The van der Waals surface area contributed by atoms with Crippen LogP contribution in [0.1, 0.15) is 31.2 Å². The van der Waals surface area contributed by atoms with E-state index in [9.17, 15) is 4.79 Å². The average molecular weight is 248 g/mol. The highest BCUT2D eigenvalue weighted by molar-refractivity contribution is 5.53. The van der Waals surface area contributed by atoms with Crippen LogP contribution < -0.4 is 4.74 Å². The molecular formula is C15H20O3. The zero-order valence-corrected chi connectivity index (χ0v) is 10.8. The third-order valence-corrected chi connectivity index (χ3v) is 3.58. The number of hydrogen-bond donors (Lipinski definition) is 0. The Bertz CT molecular complexity index is 381. The van der Waals surface area contributed by atoms with E-state index in [0.717, 1.165) is 43.3 Å². The first-order valence-corrected chi connectivity index (χ1v) is 6.52. The second-order valence-electron chi connectivity index (χ2n) is 4.80. The van der Waals surface area contributed by atoms with Gasteiger partial charge in [0.2, 0.25) is 0 Å². The molecule has 0 amide bonds. The fourth-order valence-electron chi connectivity index (χ4n) is 2.42. The predicted molar refractivity (Wildman–Crippen MR) is 69.6 cm³/mol. The molecule has 1 saturated carbocycles. The van der Waals surface area contributed by atoms with Gasteiger partial charge in [0.25, 0.3) is 0 Å². The van der Waals surface area contributed by atoms with E-state index in [1.807, 2.05) is 24.3 Å². The Morgan fingerprint density at radius 1 is 1.22 bits per heavy atom. The van der Waals surface area contributed by atoms with Gasteiger partial charge in [0.05, 0.1) is 19.8 Å². The van der Waals surface area contributed by atoms with E-state index in [1.54, 1.807) is 7.11 Å². The van der Waals surface area contributed by atoms with Crippen molar-refractivity contribution in [2.24, 2.45) is 5.92 Å². The smallest absolute Gasteiger partial charge is 0.124 e. The molecule has 1 aromatic carbocycles. The van der Waals surface area contributed by atoms with Crippen molar-refractivity contribution in [1.29, 1.82) is 0 Å². The van der Waals surface area contributed by atoms with Crippen molar-refractivity contribution < 1.29 is 14.3 Å². The van der Waals surface area contributed by atoms with Crippen molar-refractivity contribution in [3.05, 3.63) is 29.8 Å². The van der Waals surface area contributed by atoms with Crippen LogP contribution in [0.5, 0.6) is 5.75 Å². The predicted octanol–water partition coefficient (Wildman–Crippen LogP) is 2.97. The van der Waals surface area contributed by atoms with E-state index in [4.69, 9.17) is 9.47 Å². The van der Waals surface area contributed by atoms with E-state index in [0.29, 0.717) is 6.61 Å². The first kappa shape index (κ1) is 13.1.